The summed E-state index contributed by atoms with van der Waals surface area (Å²) in [6.45, 7) is 7.75. The number of benzene rings is 2. The summed E-state index contributed by atoms with van der Waals surface area (Å²) >= 11 is 0. The molecule has 2 unspecified atom stereocenters. The number of fused-ring (bicyclic) bond motifs is 1. The van der Waals surface area contributed by atoms with Crippen LogP contribution in [0.1, 0.15) is 67.2 Å². The molecule has 4 amide bonds. The second-order valence-corrected chi connectivity index (χ2v) is 14.3. The third kappa shape index (κ3) is 7.99. The van der Waals surface area contributed by atoms with E-state index in [9.17, 15) is 28.2 Å². The maximum absolute atomic E-state index is 13.2. The molecule has 2 N–H and O–H groups in total. The molecular formula is C33H41N5O8S. The third-order valence-corrected chi connectivity index (χ3v) is 9.80. The van der Waals surface area contributed by atoms with E-state index in [0.717, 1.165) is 10.6 Å². The second-order valence-electron chi connectivity index (χ2n) is 12.8. The number of nitrogens with zero attached hydrogens (tertiary/aromatic N) is 3. The highest BCUT2D eigenvalue weighted by Gasteiger charge is 2.41. The number of anilines is 1. The van der Waals surface area contributed by atoms with Crippen LogP contribution in [0.5, 0.6) is 5.75 Å². The molecule has 0 spiro atoms. The lowest BCUT2D eigenvalue weighted by atomic mass is 10.1. The Morgan fingerprint density at radius 3 is 2.30 bits per heavy atom. The number of aldehydes is 1. The van der Waals surface area contributed by atoms with E-state index in [1.54, 1.807) is 42.5 Å². The van der Waals surface area contributed by atoms with Crippen LogP contribution in [-0.2, 0) is 25.3 Å². The molecule has 0 saturated carbocycles. The zero-order chi connectivity index (χ0) is 33.9. The van der Waals surface area contributed by atoms with E-state index in [0.29, 0.717) is 56.0 Å². The summed E-state index contributed by atoms with van der Waals surface area (Å²) in [6, 6.07) is 11.2. The molecular weight excluding hydrogens is 626 g/mol. The van der Waals surface area contributed by atoms with Crippen LogP contribution in [-0.4, -0.2) is 101 Å². The van der Waals surface area contributed by atoms with Gasteiger partial charge in [-0.1, -0.05) is 0 Å². The van der Waals surface area contributed by atoms with Crippen molar-refractivity contribution in [3.8, 4) is 5.75 Å². The van der Waals surface area contributed by atoms with E-state index in [4.69, 9.17) is 9.47 Å². The van der Waals surface area contributed by atoms with Crippen LogP contribution < -0.4 is 20.3 Å². The average Bonchev–Trinajstić information content (AvgIpc) is 3.27. The lowest BCUT2D eigenvalue weighted by Crippen LogP contribution is -2.54. The van der Waals surface area contributed by atoms with E-state index >= 15 is 0 Å². The molecule has 252 valence electrons. The van der Waals surface area contributed by atoms with Gasteiger partial charge in [-0.15, -0.1) is 0 Å². The van der Waals surface area contributed by atoms with Crippen molar-refractivity contribution in [1.29, 1.82) is 0 Å². The van der Waals surface area contributed by atoms with Crippen molar-refractivity contribution < 1.29 is 37.7 Å². The van der Waals surface area contributed by atoms with E-state index in [1.165, 1.54) is 7.05 Å². The number of carbonyl (C=O) groups excluding carboxylic acids is 5. The van der Waals surface area contributed by atoms with Gasteiger partial charge in [0.2, 0.25) is 5.91 Å². The smallest absolute Gasteiger partial charge is 0.407 e. The maximum Gasteiger partial charge on any atom is 0.407 e. The first kappa shape index (κ1) is 34.0. The Kier molecular flexibility index (Phi) is 10.3. The van der Waals surface area contributed by atoms with Crippen LogP contribution >= 0.6 is 0 Å². The number of nitrogens with one attached hydrogen (secondary N) is 2. The normalized spacial score (nSPS) is 18.6. The zero-order valence-corrected chi connectivity index (χ0v) is 27.8. The topological polar surface area (TPSA) is 155 Å². The van der Waals surface area contributed by atoms with Gasteiger partial charge in [-0.3, -0.25) is 19.3 Å². The first-order chi connectivity index (χ1) is 22.4. The number of amides is 4. The Balaban J connectivity index is 1.09. The summed E-state index contributed by atoms with van der Waals surface area (Å²) in [5.41, 5.74) is 0.667. The Morgan fingerprint density at radius 2 is 1.68 bits per heavy atom. The van der Waals surface area contributed by atoms with Gasteiger partial charge in [0.05, 0.1) is 35.2 Å². The van der Waals surface area contributed by atoms with Gasteiger partial charge in [0, 0.05) is 38.3 Å². The summed E-state index contributed by atoms with van der Waals surface area (Å²) in [5.74, 6) is -0.718. The molecule has 2 saturated heterocycles. The number of hydrogen-bond donors (Lipinski definition) is 2. The SMILES string of the molecule is CNC(=O)CCC(C=O)N1C(=O)c2ccc(N3CC(Oc4ccc(S(=O)N5CCC(NC(=O)OC(C)(C)C)CC5)cc4)C3)cc2C1=O. The van der Waals surface area contributed by atoms with Crippen molar-refractivity contribution in [1.82, 2.24) is 19.8 Å². The number of carbonyl (C=O) groups is 5. The van der Waals surface area contributed by atoms with Crippen molar-refractivity contribution in [2.75, 3.05) is 38.1 Å². The first-order valence-corrected chi connectivity index (χ1v) is 16.8. The molecule has 13 nitrogen and oxygen atoms in total. The van der Waals surface area contributed by atoms with Gasteiger partial charge in [-0.2, -0.15) is 0 Å². The highest BCUT2D eigenvalue weighted by atomic mass is 32.2. The minimum absolute atomic E-state index is 0.0176. The molecule has 0 bridgehead atoms. The molecule has 3 heterocycles. The van der Waals surface area contributed by atoms with Crippen molar-refractivity contribution in [2.45, 2.75) is 75.1 Å². The zero-order valence-electron chi connectivity index (χ0n) is 27.0. The Hall–Kier alpha value is -4.30. The van der Waals surface area contributed by atoms with Crippen LogP contribution in [0.2, 0.25) is 0 Å². The largest absolute Gasteiger partial charge is 0.487 e. The lowest BCUT2D eigenvalue weighted by molar-refractivity contribution is -0.121. The van der Waals surface area contributed by atoms with Gasteiger partial charge in [0.15, 0.2) is 0 Å². The average molecular weight is 668 g/mol. The monoisotopic (exact) mass is 667 g/mol. The highest BCUT2D eigenvalue weighted by Crippen LogP contribution is 2.32. The number of ether oxygens (including phenoxy) is 2. The molecule has 47 heavy (non-hydrogen) atoms. The Bertz CT molecular complexity index is 1540. The van der Waals surface area contributed by atoms with Crippen molar-refractivity contribution in [3.63, 3.8) is 0 Å². The standard InChI is InChI=1S/C33H41N5O8S/c1-33(2,3)46-32(43)35-21-13-15-37(16-14-21)47(44)26-9-7-24(8-10-26)45-25-18-36(19-25)22-5-11-27-28(17-22)31(42)38(30(27)41)23(20-39)6-12-29(40)34-4/h5,7-11,17,20-21,23,25H,6,12-16,18-19H2,1-4H3,(H,34,40)(H,35,43). The summed E-state index contributed by atoms with van der Waals surface area (Å²) in [7, 11) is 0.146. The van der Waals surface area contributed by atoms with Crippen LogP contribution in [0.25, 0.3) is 0 Å². The van der Waals surface area contributed by atoms with Crippen molar-refractivity contribution in [2.24, 2.45) is 0 Å². The quantitative estimate of drug-likeness (QED) is 0.272. The van der Waals surface area contributed by atoms with E-state index in [2.05, 4.69) is 10.6 Å². The van der Waals surface area contributed by atoms with Gasteiger partial charge in [-0.25, -0.2) is 13.3 Å². The van der Waals surface area contributed by atoms with Gasteiger partial charge in [0.1, 0.15) is 34.7 Å². The fraction of sp³-hybridized carbons (Fsp3) is 0.485. The summed E-state index contributed by atoms with van der Waals surface area (Å²) in [6.07, 6.45) is 1.42. The predicted molar refractivity (Wildman–Crippen MR) is 174 cm³/mol. The van der Waals surface area contributed by atoms with Gasteiger partial charge < -0.3 is 29.8 Å². The van der Waals surface area contributed by atoms with Gasteiger partial charge >= 0.3 is 6.09 Å². The van der Waals surface area contributed by atoms with Crippen LogP contribution in [0.15, 0.2) is 47.4 Å². The number of imide groups is 1. The molecule has 0 radical (unpaired) electrons. The Morgan fingerprint density at radius 1 is 1.02 bits per heavy atom. The minimum atomic E-state index is -1.34. The number of hydrogen-bond acceptors (Lipinski definition) is 9. The van der Waals surface area contributed by atoms with Crippen molar-refractivity contribution in [3.05, 3.63) is 53.6 Å². The molecule has 5 rings (SSSR count). The predicted octanol–water partition coefficient (Wildman–Crippen LogP) is 2.66. The van der Waals surface area contributed by atoms with Gasteiger partial charge in [-0.05, 0) is 82.5 Å². The minimum Gasteiger partial charge on any atom is -0.487 e. The molecule has 0 aliphatic carbocycles. The molecule has 3 aliphatic rings. The number of rotatable bonds is 11. The maximum atomic E-state index is 13.2. The van der Waals surface area contributed by atoms with Gasteiger partial charge in [0.25, 0.3) is 11.8 Å². The fourth-order valence-corrected chi connectivity index (χ4v) is 6.96. The summed E-state index contributed by atoms with van der Waals surface area (Å²) < 4.78 is 26.5. The summed E-state index contributed by atoms with van der Waals surface area (Å²) in [5, 5.41) is 5.37. The molecule has 14 heteroatoms. The molecule has 2 fully saturated rings. The van der Waals surface area contributed by atoms with Crippen LogP contribution in [0.3, 0.4) is 0 Å². The second kappa shape index (κ2) is 14.2. The van der Waals surface area contributed by atoms with E-state index in [1.807, 2.05) is 30.0 Å². The first-order valence-electron chi connectivity index (χ1n) is 15.7. The Labute approximate surface area is 276 Å². The lowest BCUT2D eigenvalue weighted by Gasteiger charge is -2.40. The highest BCUT2D eigenvalue weighted by molar-refractivity contribution is 7.82. The van der Waals surface area contributed by atoms with Crippen LogP contribution in [0.4, 0.5) is 10.5 Å². The number of piperidine rings is 1. The molecule has 2 aromatic carbocycles. The molecule has 3 aliphatic heterocycles. The van der Waals surface area contributed by atoms with Crippen molar-refractivity contribution >= 4 is 46.8 Å². The van der Waals surface area contributed by atoms with Crippen LogP contribution in [0, 0.1) is 0 Å². The fourth-order valence-electron chi connectivity index (χ4n) is 5.75. The molecule has 2 atom stereocenters. The summed E-state index contributed by atoms with van der Waals surface area (Å²) in [4.78, 5) is 65.1. The number of alkyl carbamates (subject to hydrolysis) is 1. The third-order valence-electron chi connectivity index (χ3n) is 8.29. The van der Waals surface area contributed by atoms with E-state index in [-0.39, 0.29) is 42.0 Å². The molecule has 0 aromatic heterocycles. The molecule has 2 aromatic rings. The van der Waals surface area contributed by atoms with E-state index < -0.39 is 40.5 Å².